The monoisotopic (exact) mass is 128 g/mol. The van der Waals surface area contributed by atoms with Gasteiger partial charge in [0.25, 0.3) is 0 Å². The molecule has 0 nitrogen and oxygen atoms in total. The maximum Gasteiger partial charge on any atom is -0.0153 e. The highest BCUT2D eigenvalue weighted by atomic mass is 32.2. The molecule has 0 aliphatic heterocycles. The van der Waals surface area contributed by atoms with Crippen LogP contribution in [0.15, 0.2) is 22.5 Å². The molecule has 0 fully saturated rings. The molecule has 0 aliphatic rings. The van der Waals surface area contributed by atoms with Crippen LogP contribution in [0.4, 0.5) is 0 Å². The van der Waals surface area contributed by atoms with E-state index in [9.17, 15) is 0 Å². The van der Waals surface area contributed by atoms with E-state index < -0.39 is 0 Å². The van der Waals surface area contributed by atoms with Gasteiger partial charge in [-0.1, -0.05) is 12.2 Å². The van der Waals surface area contributed by atoms with Crippen molar-refractivity contribution in [3.8, 4) is 0 Å². The molecule has 0 rings (SSSR count). The second kappa shape index (κ2) is 3.79. The van der Waals surface area contributed by atoms with Crippen LogP contribution in [-0.4, -0.2) is 0 Å². The first-order chi connectivity index (χ1) is 3.68. The maximum absolute atomic E-state index is 3.61. The van der Waals surface area contributed by atoms with Crippen LogP contribution in [0.5, 0.6) is 0 Å². The van der Waals surface area contributed by atoms with Crippen molar-refractivity contribution in [2.24, 2.45) is 0 Å². The molecule has 0 aromatic carbocycles. The summed E-state index contributed by atoms with van der Waals surface area (Å²) < 4.78 is 0. The standard InChI is InChI=1S/C7H12S/c1-5-8-7(4)6(2)3/h5H,1H2,2-4H3. The van der Waals surface area contributed by atoms with E-state index in [0.29, 0.717) is 0 Å². The molecule has 0 saturated heterocycles. The molecule has 46 valence electrons. The Balaban J connectivity index is 3.79. The van der Waals surface area contributed by atoms with E-state index in [1.807, 2.05) is 5.41 Å². The zero-order valence-corrected chi connectivity index (χ0v) is 6.51. The van der Waals surface area contributed by atoms with Gasteiger partial charge in [-0.05, 0) is 31.1 Å². The molecule has 0 aliphatic carbocycles. The average Bonchev–Trinajstić information content (AvgIpc) is 1.67. The Kier molecular flexibility index (Phi) is 3.71. The van der Waals surface area contributed by atoms with Crippen molar-refractivity contribution in [2.45, 2.75) is 20.8 Å². The Morgan fingerprint density at radius 1 is 1.38 bits per heavy atom. The van der Waals surface area contributed by atoms with Crippen LogP contribution >= 0.6 is 11.8 Å². The predicted molar refractivity (Wildman–Crippen MR) is 41.8 cm³/mol. The van der Waals surface area contributed by atoms with Crippen LogP contribution < -0.4 is 0 Å². The van der Waals surface area contributed by atoms with Gasteiger partial charge in [0.1, 0.15) is 0 Å². The van der Waals surface area contributed by atoms with Gasteiger partial charge in [0.2, 0.25) is 0 Å². The Hall–Kier alpha value is -0.170. The van der Waals surface area contributed by atoms with Crippen molar-refractivity contribution >= 4 is 11.8 Å². The molecule has 0 aromatic heterocycles. The topological polar surface area (TPSA) is 0 Å². The van der Waals surface area contributed by atoms with Gasteiger partial charge in [0.05, 0.1) is 0 Å². The van der Waals surface area contributed by atoms with E-state index in [-0.39, 0.29) is 0 Å². The molecule has 0 unspecified atom stereocenters. The molecule has 8 heavy (non-hydrogen) atoms. The van der Waals surface area contributed by atoms with Crippen molar-refractivity contribution in [3.63, 3.8) is 0 Å². The third-order valence-corrected chi connectivity index (χ3v) is 1.89. The van der Waals surface area contributed by atoms with Gasteiger partial charge in [-0.3, -0.25) is 0 Å². The van der Waals surface area contributed by atoms with Gasteiger partial charge in [-0.25, -0.2) is 0 Å². The number of rotatable bonds is 2. The van der Waals surface area contributed by atoms with E-state index >= 15 is 0 Å². The van der Waals surface area contributed by atoms with Crippen molar-refractivity contribution in [3.05, 3.63) is 22.5 Å². The molecule has 1 heteroatoms. The summed E-state index contributed by atoms with van der Waals surface area (Å²) in [4.78, 5) is 1.35. The molecule has 0 radical (unpaired) electrons. The van der Waals surface area contributed by atoms with Gasteiger partial charge in [-0.15, -0.1) is 11.8 Å². The Morgan fingerprint density at radius 2 is 1.88 bits per heavy atom. The number of hydrogen-bond donors (Lipinski definition) is 0. The molecule has 0 heterocycles. The fourth-order valence-corrected chi connectivity index (χ4v) is 0.729. The van der Waals surface area contributed by atoms with Crippen molar-refractivity contribution in [1.29, 1.82) is 0 Å². The first-order valence-electron chi connectivity index (χ1n) is 2.60. The normalized spacial score (nSPS) is 8.38. The van der Waals surface area contributed by atoms with Crippen LogP contribution in [0.25, 0.3) is 0 Å². The third kappa shape index (κ3) is 2.92. The maximum atomic E-state index is 3.61. The van der Waals surface area contributed by atoms with Crippen LogP contribution in [-0.2, 0) is 0 Å². The van der Waals surface area contributed by atoms with Gasteiger partial charge < -0.3 is 0 Å². The molecule has 0 bridgehead atoms. The average molecular weight is 128 g/mol. The number of allylic oxidation sites excluding steroid dienone is 2. The summed E-state index contributed by atoms with van der Waals surface area (Å²) >= 11 is 1.68. The summed E-state index contributed by atoms with van der Waals surface area (Å²) in [7, 11) is 0. The highest BCUT2D eigenvalue weighted by Gasteiger charge is 1.85. The van der Waals surface area contributed by atoms with E-state index in [1.54, 1.807) is 11.8 Å². The summed E-state index contributed by atoms with van der Waals surface area (Å²) in [5, 5.41) is 1.85. The third-order valence-electron chi connectivity index (χ3n) is 0.964. The summed E-state index contributed by atoms with van der Waals surface area (Å²) in [6, 6.07) is 0. The summed E-state index contributed by atoms with van der Waals surface area (Å²) in [5.41, 5.74) is 1.37. The van der Waals surface area contributed by atoms with Crippen LogP contribution in [0.1, 0.15) is 20.8 Å². The molecule has 0 amide bonds. The first-order valence-corrected chi connectivity index (χ1v) is 3.48. The quantitative estimate of drug-likeness (QED) is 0.550. The second-order valence-corrected chi connectivity index (χ2v) is 3.02. The number of thioether (sulfide) groups is 1. The Labute approximate surface area is 55.7 Å². The van der Waals surface area contributed by atoms with E-state index in [2.05, 4.69) is 27.4 Å². The van der Waals surface area contributed by atoms with Crippen LogP contribution in [0.2, 0.25) is 0 Å². The van der Waals surface area contributed by atoms with E-state index in [4.69, 9.17) is 0 Å². The zero-order chi connectivity index (χ0) is 6.57. The smallest absolute Gasteiger partial charge is 0.0153 e. The largest absolute Gasteiger partial charge is 0.104 e. The lowest BCUT2D eigenvalue weighted by molar-refractivity contribution is 1.35. The minimum atomic E-state index is 1.35. The van der Waals surface area contributed by atoms with Gasteiger partial charge >= 0.3 is 0 Å². The lowest BCUT2D eigenvalue weighted by Gasteiger charge is -1.95. The highest BCUT2D eigenvalue weighted by molar-refractivity contribution is 8.05. The van der Waals surface area contributed by atoms with Crippen molar-refractivity contribution in [1.82, 2.24) is 0 Å². The van der Waals surface area contributed by atoms with Crippen LogP contribution in [0.3, 0.4) is 0 Å². The molecule has 0 N–H and O–H groups in total. The van der Waals surface area contributed by atoms with Gasteiger partial charge in [-0.2, -0.15) is 0 Å². The molecule has 0 aromatic rings. The summed E-state index contributed by atoms with van der Waals surface area (Å²) in [6.07, 6.45) is 0. The number of hydrogen-bond acceptors (Lipinski definition) is 1. The minimum Gasteiger partial charge on any atom is -0.104 e. The predicted octanol–water partition coefficient (Wildman–Crippen LogP) is 3.18. The summed E-state index contributed by atoms with van der Waals surface area (Å²) in [5.74, 6) is 0. The Bertz CT molecular complexity index is 108. The minimum absolute atomic E-state index is 1.35. The fourth-order valence-electron chi connectivity index (χ4n) is 0.243. The van der Waals surface area contributed by atoms with Crippen LogP contribution in [0, 0.1) is 0 Å². The molecule has 0 saturated carbocycles. The second-order valence-electron chi connectivity index (χ2n) is 1.84. The fraction of sp³-hybridized carbons (Fsp3) is 0.429. The Morgan fingerprint density at radius 3 is 2.00 bits per heavy atom. The molecular weight excluding hydrogens is 116 g/mol. The van der Waals surface area contributed by atoms with E-state index in [0.717, 1.165) is 0 Å². The molecule has 0 spiro atoms. The van der Waals surface area contributed by atoms with Gasteiger partial charge in [0, 0.05) is 0 Å². The summed E-state index contributed by atoms with van der Waals surface area (Å²) in [6.45, 7) is 9.92. The molecule has 0 atom stereocenters. The van der Waals surface area contributed by atoms with Crippen molar-refractivity contribution < 1.29 is 0 Å². The lowest BCUT2D eigenvalue weighted by atomic mass is 10.3. The highest BCUT2D eigenvalue weighted by Crippen LogP contribution is 2.18. The van der Waals surface area contributed by atoms with Crippen molar-refractivity contribution in [2.75, 3.05) is 0 Å². The molecular formula is C7H12S. The lowest BCUT2D eigenvalue weighted by Crippen LogP contribution is -1.67. The zero-order valence-electron chi connectivity index (χ0n) is 5.69. The van der Waals surface area contributed by atoms with Gasteiger partial charge in [0.15, 0.2) is 0 Å². The van der Waals surface area contributed by atoms with E-state index in [1.165, 1.54) is 10.5 Å². The SMILES string of the molecule is C=CSC(C)=C(C)C. The first kappa shape index (κ1) is 7.83.